The largest absolute Gasteiger partial charge is 0.349 e. The highest BCUT2D eigenvalue weighted by Crippen LogP contribution is 2.20. The number of halogens is 1. The highest BCUT2D eigenvalue weighted by atomic mass is 79.9. The summed E-state index contributed by atoms with van der Waals surface area (Å²) in [5.74, 6) is -2.09. The number of hydrogen-bond acceptors (Lipinski definition) is 4. The highest BCUT2D eigenvalue weighted by Gasteiger charge is 2.20. The van der Waals surface area contributed by atoms with Crippen LogP contribution < -0.4 is 16.1 Å². The molecule has 7 nitrogen and oxygen atoms in total. The topological polar surface area (TPSA) is 99.7 Å². The first-order valence-electron chi connectivity index (χ1n) is 9.83. The molecule has 0 heterocycles. The van der Waals surface area contributed by atoms with Crippen LogP contribution in [-0.4, -0.2) is 30.0 Å². The number of para-hydroxylation sites is 1. The summed E-state index contributed by atoms with van der Waals surface area (Å²) in [6, 6.07) is 14.1. The maximum absolute atomic E-state index is 12.7. The van der Waals surface area contributed by atoms with E-state index in [1.54, 1.807) is 30.3 Å². The lowest BCUT2D eigenvalue weighted by molar-refractivity contribution is -0.136. The SMILES string of the molecule is O=C(N/N=C\c1ccccc1Br)C(=O)Nc1ccccc1C(=O)NC1CCCCC1. The summed E-state index contributed by atoms with van der Waals surface area (Å²) >= 11 is 3.37. The van der Waals surface area contributed by atoms with Gasteiger partial charge in [0.2, 0.25) is 0 Å². The molecule has 0 spiro atoms. The maximum Gasteiger partial charge on any atom is 0.329 e. The Balaban J connectivity index is 1.60. The number of anilines is 1. The van der Waals surface area contributed by atoms with E-state index in [2.05, 4.69) is 37.1 Å². The van der Waals surface area contributed by atoms with Crippen LogP contribution in [-0.2, 0) is 9.59 Å². The Morgan fingerprint density at radius 1 is 0.933 bits per heavy atom. The third-order valence-electron chi connectivity index (χ3n) is 4.84. The van der Waals surface area contributed by atoms with Crippen LogP contribution >= 0.6 is 15.9 Å². The van der Waals surface area contributed by atoms with Crippen molar-refractivity contribution in [2.45, 2.75) is 38.1 Å². The average Bonchev–Trinajstić information content (AvgIpc) is 2.76. The second kappa shape index (κ2) is 10.7. The summed E-state index contributed by atoms with van der Waals surface area (Å²) < 4.78 is 0.811. The molecule has 3 rings (SSSR count). The van der Waals surface area contributed by atoms with Crippen molar-refractivity contribution in [2.75, 3.05) is 5.32 Å². The van der Waals surface area contributed by atoms with E-state index in [-0.39, 0.29) is 17.6 Å². The van der Waals surface area contributed by atoms with Crippen molar-refractivity contribution in [3.8, 4) is 0 Å². The van der Waals surface area contributed by atoms with E-state index in [4.69, 9.17) is 0 Å². The number of amides is 3. The molecule has 0 bridgehead atoms. The van der Waals surface area contributed by atoms with E-state index >= 15 is 0 Å². The summed E-state index contributed by atoms with van der Waals surface area (Å²) in [7, 11) is 0. The first-order valence-corrected chi connectivity index (χ1v) is 10.6. The summed E-state index contributed by atoms with van der Waals surface area (Å²) in [5.41, 5.74) is 3.54. The number of carbonyl (C=O) groups is 3. The Labute approximate surface area is 183 Å². The van der Waals surface area contributed by atoms with Gasteiger partial charge in [0, 0.05) is 16.1 Å². The second-order valence-corrected chi connectivity index (χ2v) is 7.88. The van der Waals surface area contributed by atoms with Crippen molar-refractivity contribution >= 4 is 45.6 Å². The van der Waals surface area contributed by atoms with Crippen LogP contribution in [0, 0.1) is 0 Å². The lowest BCUT2D eigenvalue weighted by Crippen LogP contribution is -2.37. The van der Waals surface area contributed by atoms with Crippen molar-refractivity contribution in [2.24, 2.45) is 5.10 Å². The van der Waals surface area contributed by atoms with Crippen molar-refractivity contribution < 1.29 is 14.4 Å². The van der Waals surface area contributed by atoms with Gasteiger partial charge in [-0.15, -0.1) is 0 Å². The van der Waals surface area contributed by atoms with E-state index in [1.165, 1.54) is 12.6 Å². The summed E-state index contributed by atoms with van der Waals surface area (Å²) in [4.78, 5) is 37.0. The van der Waals surface area contributed by atoms with Crippen LogP contribution in [0.2, 0.25) is 0 Å². The zero-order valence-electron chi connectivity index (χ0n) is 16.4. The van der Waals surface area contributed by atoms with Gasteiger partial charge in [-0.3, -0.25) is 14.4 Å². The van der Waals surface area contributed by atoms with Crippen molar-refractivity contribution in [3.05, 3.63) is 64.1 Å². The molecular weight excluding hydrogens is 448 g/mol. The monoisotopic (exact) mass is 470 g/mol. The molecule has 0 saturated heterocycles. The minimum absolute atomic E-state index is 0.143. The van der Waals surface area contributed by atoms with Gasteiger partial charge < -0.3 is 10.6 Å². The van der Waals surface area contributed by atoms with Gasteiger partial charge in [0.15, 0.2) is 0 Å². The number of carbonyl (C=O) groups excluding carboxylic acids is 3. The second-order valence-electron chi connectivity index (χ2n) is 7.03. The Kier molecular flexibility index (Phi) is 7.73. The number of hydrazone groups is 1. The van der Waals surface area contributed by atoms with E-state index < -0.39 is 11.8 Å². The quantitative estimate of drug-likeness (QED) is 0.353. The molecular formula is C22H23BrN4O3. The fraction of sp³-hybridized carbons (Fsp3) is 0.273. The molecule has 1 aliphatic rings. The van der Waals surface area contributed by atoms with E-state index in [0.29, 0.717) is 5.56 Å². The minimum Gasteiger partial charge on any atom is -0.349 e. The van der Waals surface area contributed by atoms with E-state index in [0.717, 1.165) is 35.7 Å². The van der Waals surface area contributed by atoms with Gasteiger partial charge in [-0.1, -0.05) is 65.5 Å². The van der Waals surface area contributed by atoms with Crippen LogP contribution in [0.15, 0.2) is 58.1 Å². The molecule has 1 saturated carbocycles. The Morgan fingerprint density at radius 3 is 2.40 bits per heavy atom. The van der Waals surface area contributed by atoms with Crippen LogP contribution in [0.4, 0.5) is 5.69 Å². The Morgan fingerprint density at radius 2 is 1.63 bits per heavy atom. The number of hydrogen-bond donors (Lipinski definition) is 3. The lowest BCUT2D eigenvalue weighted by atomic mass is 9.95. The molecule has 0 radical (unpaired) electrons. The fourth-order valence-corrected chi connectivity index (χ4v) is 3.66. The van der Waals surface area contributed by atoms with E-state index in [9.17, 15) is 14.4 Å². The molecule has 0 aromatic heterocycles. The van der Waals surface area contributed by atoms with Crippen molar-refractivity contribution in [3.63, 3.8) is 0 Å². The van der Waals surface area contributed by atoms with Gasteiger partial charge in [-0.2, -0.15) is 5.10 Å². The maximum atomic E-state index is 12.7. The van der Waals surface area contributed by atoms with Crippen LogP contribution in [0.3, 0.4) is 0 Å². The van der Waals surface area contributed by atoms with Gasteiger partial charge in [0.05, 0.1) is 17.5 Å². The van der Waals surface area contributed by atoms with Gasteiger partial charge in [0.25, 0.3) is 5.91 Å². The van der Waals surface area contributed by atoms with Crippen LogP contribution in [0.25, 0.3) is 0 Å². The predicted molar refractivity (Wildman–Crippen MR) is 119 cm³/mol. The Bertz CT molecular complexity index is 955. The third kappa shape index (κ3) is 6.00. The molecule has 0 atom stereocenters. The van der Waals surface area contributed by atoms with Gasteiger partial charge in [0.1, 0.15) is 0 Å². The van der Waals surface area contributed by atoms with Crippen molar-refractivity contribution in [1.29, 1.82) is 0 Å². The molecule has 3 N–H and O–H groups in total. The fourth-order valence-electron chi connectivity index (χ4n) is 3.27. The molecule has 0 unspecified atom stereocenters. The summed E-state index contributed by atoms with van der Waals surface area (Å²) in [6.45, 7) is 0. The molecule has 0 aliphatic heterocycles. The van der Waals surface area contributed by atoms with Gasteiger partial charge >= 0.3 is 11.8 Å². The minimum atomic E-state index is -0.930. The summed E-state index contributed by atoms with van der Waals surface area (Å²) in [5, 5.41) is 9.32. The first-order chi connectivity index (χ1) is 14.5. The third-order valence-corrected chi connectivity index (χ3v) is 5.56. The molecule has 2 aromatic carbocycles. The number of nitrogens with zero attached hydrogens (tertiary/aromatic N) is 1. The van der Waals surface area contributed by atoms with Gasteiger partial charge in [-0.25, -0.2) is 5.43 Å². The van der Waals surface area contributed by atoms with E-state index in [1.807, 2.05) is 18.2 Å². The molecule has 1 fully saturated rings. The first kappa shape index (κ1) is 21.7. The highest BCUT2D eigenvalue weighted by molar-refractivity contribution is 9.10. The van der Waals surface area contributed by atoms with Crippen molar-refractivity contribution in [1.82, 2.24) is 10.7 Å². The molecule has 2 aromatic rings. The van der Waals surface area contributed by atoms with Crippen LogP contribution in [0.5, 0.6) is 0 Å². The smallest absolute Gasteiger partial charge is 0.329 e. The zero-order valence-corrected chi connectivity index (χ0v) is 17.9. The Hall–Kier alpha value is -3.00. The predicted octanol–water partition coefficient (Wildman–Crippen LogP) is 3.60. The van der Waals surface area contributed by atoms with Crippen LogP contribution in [0.1, 0.15) is 48.0 Å². The normalized spacial score (nSPS) is 14.3. The standard InChI is InChI=1S/C22H23BrN4O3/c23-18-12-6-4-8-15(18)14-24-27-22(30)21(29)26-19-13-7-5-11-17(19)20(28)25-16-9-2-1-3-10-16/h4-8,11-14,16H,1-3,9-10H2,(H,25,28)(H,26,29)(H,27,30)/b24-14-. The molecule has 30 heavy (non-hydrogen) atoms. The molecule has 156 valence electrons. The number of benzene rings is 2. The summed E-state index contributed by atoms with van der Waals surface area (Å²) in [6.07, 6.45) is 6.74. The number of nitrogens with one attached hydrogen (secondary N) is 3. The molecule has 3 amide bonds. The molecule has 1 aliphatic carbocycles. The van der Waals surface area contributed by atoms with Gasteiger partial charge in [-0.05, 0) is 31.0 Å². The number of rotatable bonds is 5. The molecule has 8 heteroatoms. The zero-order chi connectivity index (χ0) is 21.3. The lowest BCUT2D eigenvalue weighted by Gasteiger charge is -2.23. The average molecular weight is 471 g/mol.